The molecule has 120 valence electrons. The first-order valence-electron chi connectivity index (χ1n) is 7.82. The maximum absolute atomic E-state index is 13.0. The summed E-state index contributed by atoms with van der Waals surface area (Å²) in [4.78, 5) is 6.70. The smallest absolute Gasteiger partial charge is 0.123 e. The highest BCUT2D eigenvalue weighted by Crippen LogP contribution is 2.26. The second-order valence-corrected chi connectivity index (χ2v) is 6.16. The molecule has 0 spiro atoms. The first-order valence-corrected chi connectivity index (χ1v) is 7.82. The summed E-state index contributed by atoms with van der Waals surface area (Å²) in [7, 11) is 1.97. The fraction of sp³-hybridized carbons (Fsp3) is 0.316. The van der Waals surface area contributed by atoms with Crippen LogP contribution in [0.3, 0.4) is 0 Å². The molecule has 0 aliphatic heterocycles. The number of aliphatic imine (C=N–C) groups is 1. The lowest BCUT2D eigenvalue weighted by Crippen LogP contribution is -2.23. The predicted octanol–water partition coefficient (Wildman–Crippen LogP) is 3.47. The molecule has 0 saturated heterocycles. The molecule has 1 N–H and O–H groups in total. The van der Waals surface area contributed by atoms with E-state index < -0.39 is 0 Å². The van der Waals surface area contributed by atoms with Gasteiger partial charge in [0.2, 0.25) is 0 Å². The second kappa shape index (κ2) is 6.50. The van der Waals surface area contributed by atoms with Crippen LogP contribution in [-0.4, -0.2) is 29.0 Å². The van der Waals surface area contributed by atoms with Crippen LogP contribution in [0.25, 0.3) is 0 Å². The minimum Gasteiger partial charge on any atom is -0.392 e. The van der Waals surface area contributed by atoms with Crippen LogP contribution in [0.1, 0.15) is 23.6 Å². The molecule has 4 heteroatoms. The monoisotopic (exact) mass is 312 g/mol. The molecule has 3 rings (SSSR count). The molecule has 2 aromatic carbocycles. The van der Waals surface area contributed by atoms with Crippen molar-refractivity contribution < 1.29 is 9.50 Å². The molecule has 3 nitrogen and oxygen atoms in total. The fourth-order valence-electron chi connectivity index (χ4n) is 2.90. The molecule has 23 heavy (non-hydrogen) atoms. The van der Waals surface area contributed by atoms with Crippen LogP contribution in [-0.2, 0) is 19.4 Å². The van der Waals surface area contributed by atoms with Crippen molar-refractivity contribution in [1.29, 1.82) is 0 Å². The molecule has 0 amide bonds. The summed E-state index contributed by atoms with van der Waals surface area (Å²) in [6.45, 7) is 2.64. The Bertz CT molecular complexity index is 725. The maximum Gasteiger partial charge on any atom is 0.123 e. The van der Waals surface area contributed by atoms with Crippen molar-refractivity contribution in [2.24, 2.45) is 4.99 Å². The van der Waals surface area contributed by atoms with Gasteiger partial charge in [0.05, 0.1) is 11.8 Å². The third-order valence-electron chi connectivity index (χ3n) is 4.28. The summed E-state index contributed by atoms with van der Waals surface area (Å²) in [6, 6.07) is 12.6. The van der Waals surface area contributed by atoms with E-state index in [0.717, 1.165) is 23.5 Å². The molecule has 0 bridgehead atoms. The van der Waals surface area contributed by atoms with Crippen molar-refractivity contribution in [2.45, 2.75) is 32.4 Å². The highest BCUT2D eigenvalue weighted by atomic mass is 19.1. The third kappa shape index (κ3) is 3.77. The van der Waals surface area contributed by atoms with E-state index in [4.69, 9.17) is 0 Å². The van der Waals surface area contributed by atoms with E-state index in [0.29, 0.717) is 13.0 Å². The number of benzene rings is 2. The topological polar surface area (TPSA) is 35.8 Å². The second-order valence-electron chi connectivity index (χ2n) is 6.16. The number of nitrogens with zero attached hydrogens (tertiary/aromatic N) is 2. The van der Waals surface area contributed by atoms with Gasteiger partial charge in [0, 0.05) is 13.6 Å². The van der Waals surface area contributed by atoms with Gasteiger partial charge in [-0.2, -0.15) is 0 Å². The lowest BCUT2D eigenvalue weighted by Gasteiger charge is -2.19. The number of aliphatic hydroxyl groups is 1. The Morgan fingerprint density at radius 3 is 2.61 bits per heavy atom. The van der Waals surface area contributed by atoms with E-state index in [1.165, 1.54) is 23.3 Å². The van der Waals surface area contributed by atoms with Gasteiger partial charge in [-0.3, -0.25) is 0 Å². The van der Waals surface area contributed by atoms with Crippen LogP contribution in [0.4, 0.5) is 10.1 Å². The van der Waals surface area contributed by atoms with E-state index >= 15 is 0 Å². The van der Waals surface area contributed by atoms with E-state index in [1.54, 1.807) is 12.1 Å². The first-order chi connectivity index (χ1) is 11.0. The van der Waals surface area contributed by atoms with Gasteiger partial charge in [-0.05, 0) is 60.7 Å². The predicted molar refractivity (Wildman–Crippen MR) is 90.5 cm³/mol. The van der Waals surface area contributed by atoms with Crippen LogP contribution >= 0.6 is 0 Å². The Morgan fingerprint density at radius 1 is 1.17 bits per heavy atom. The summed E-state index contributed by atoms with van der Waals surface area (Å²) in [5.74, 6) is 0.676. The Labute approximate surface area is 136 Å². The average Bonchev–Trinajstić information content (AvgIpc) is 2.88. The van der Waals surface area contributed by atoms with E-state index in [2.05, 4.69) is 17.1 Å². The third-order valence-corrected chi connectivity index (χ3v) is 4.28. The van der Waals surface area contributed by atoms with E-state index in [9.17, 15) is 9.50 Å². The van der Waals surface area contributed by atoms with Gasteiger partial charge in [0.25, 0.3) is 0 Å². The highest BCUT2D eigenvalue weighted by molar-refractivity contribution is 5.82. The van der Waals surface area contributed by atoms with Gasteiger partial charge < -0.3 is 10.0 Å². The lowest BCUT2D eigenvalue weighted by molar-refractivity contribution is 0.187. The average molecular weight is 312 g/mol. The van der Waals surface area contributed by atoms with Crippen LogP contribution in [0.2, 0.25) is 0 Å². The van der Waals surface area contributed by atoms with Gasteiger partial charge in [-0.1, -0.05) is 18.2 Å². The van der Waals surface area contributed by atoms with Gasteiger partial charge in [-0.15, -0.1) is 0 Å². The van der Waals surface area contributed by atoms with Gasteiger partial charge in [-0.25, -0.2) is 9.38 Å². The Kier molecular flexibility index (Phi) is 4.44. The van der Waals surface area contributed by atoms with E-state index in [1.807, 2.05) is 24.9 Å². The van der Waals surface area contributed by atoms with Crippen LogP contribution in [0.5, 0.6) is 0 Å². The number of aliphatic hydroxyl groups excluding tert-OH is 1. The van der Waals surface area contributed by atoms with Gasteiger partial charge in [0.1, 0.15) is 11.7 Å². The molecule has 0 saturated carbocycles. The lowest BCUT2D eigenvalue weighted by atomic mass is 10.1. The number of rotatable bonds is 3. The van der Waals surface area contributed by atoms with Crippen molar-refractivity contribution >= 4 is 11.5 Å². The molecular weight excluding hydrogens is 291 g/mol. The Morgan fingerprint density at radius 2 is 1.87 bits per heavy atom. The molecule has 1 atom stereocenters. The molecular formula is C19H21FN2O. The molecule has 0 fully saturated rings. The fourth-order valence-corrected chi connectivity index (χ4v) is 2.90. The summed E-state index contributed by atoms with van der Waals surface area (Å²) in [5, 5.41) is 9.72. The number of fused-ring (bicyclic) bond motifs is 1. The summed E-state index contributed by atoms with van der Waals surface area (Å²) >= 11 is 0. The summed E-state index contributed by atoms with van der Waals surface area (Å²) in [5.41, 5.74) is 4.35. The van der Waals surface area contributed by atoms with Crippen LogP contribution in [0.15, 0.2) is 47.5 Å². The molecule has 0 unspecified atom stereocenters. The highest BCUT2D eigenvalue weighted by Gasteiger charge is 2.19. The standard InChI is InChI=1S/C19H21FN2O/c1-13(22(2)12-14-3-6-17(20)7-4-14)21-18-8-5-15-10-19(23)11-16(15)9-18/h3-9,19,23H,10-12H2,1-2H3/t19-/m0/s1. The van der Waals surface area contributed by atoms with E-state index in [-0.39, 0.29) is 11.9 Å². The number of hydrogen-bond donors (Lipinski definition) is 1. The Balaban J connectivity index is 1.71. The number of amidine groups is 1. The van der Waals surface area contributed by atoms with Gasteiger partial charge >= 0.3 is 0 Å². The molecule has 0 radical (unpaired) electrons. The normalized spacial score (nSPS) is 17.2. The Hall–Kier alpha value is -2.20. The molecule has 1 aliphatic carbocycles. The van der Waals surface area contributed by atoms with Crippen molar-refractivity contribution in [3.63, 3.8) is 0 Å². The zero-order chi connectivity index (χ0) is 16.4. The summed E-state index contributed by atoms with van der Waals surface area (Å²) in [6.07, 6.45) is 1.19. The minimum absolute atomic E-state index is 0.220. The molecule has 2 aromatic rings. The number of halogens is 1. The van der Waals surface area contributed by atoms with Crippen molar-refractivity contribution in [2.75, 3.05) is 7.05 Å². The quantitative estimate of drug-likeness (QED) is 0.696. The maximum atomic E-state index is 13.0. The zero-order valence-corrected chi connectivity index (χ0v) is 13.5. The van der Waals surface area contributed by atoms with Crippen LogP contribution in [0, 0.1) is 5.82 Å². The number of hydrogen-bond acceptors (Lipinski definition) is 2. The first kappa shape index (κ1) is 15.7. The van der Waals surface area contributed by atoms with Crippen molar-refractivity contribution in [3.8, 4) is 0 Å². The summed E-state index contributed by atoms with van der Waals surface area (Å²) < 4.78 is 13.0. The molecule has 0 aromatic heterocycles. The van der Waals surface area contributed by atoms with Crippen molar-refractivity contribution in [1.82, 2.24) is 4.90 Å². The molecule has 0 heterocycles. The SMILES string of the molecule is CC(=Nc1ccc2c(c1)C[C@@H](O)C2)N(C)Cc1ccc(F)cc1. The molecule has 1 aliphatic rings. The van der Waals surface area contributed by atoms with Crippen molar-refractivity contribution in [3.05, 3.63) is 65.0 Å². The van der Waals surface area contributed by atoms with Gasteiger partial charge in [0.15, 0.2) is 0 Å². The zero-order valence-electron chi connectivity index (χ0n) is 13.5. The minimum atomic E-state index is -0.258. The van der Waals surface area contributed by atoms with Crippen LogP contribution < -0.4 is 0 Å². The largest absolute Gasteiger partial charge is 0.392 e.